The van der Waals surface area contributed by atoms with Gasteiger partial charge in [-0.2, -0.15) is 5.26 Å². The average Bonchev–Trinajstić information content (AvgIpc) is 3.17. The van der Waals surface area contributed by atoms with Gasteiger partial charge in [0.15, 0.2) is 11.0 Å². The minimum Gasteiger partial charge on any atom is -0.477 e. The zero-order chi connectivity index (χ0) is 23.1. The largest absolute Gasteiger partial charge is 0.477 e. The van der Waals surface area contributed by atoms with Crippen LogP contribution in [0.15, 0.2) is 48.5 Å². The van der Waals surface area contributed by atoms with Gasteiger partial charge in [-0.3, -0.25) is 0 Å². The summed E-state index contributed by atoms with van der Waals surface area (Å²) in [6.45, 7) is 2.23. The van der Waals surface area contributed by atoms with Gasteiger partial charge in [0, 0.05) is 10.9 Å². The molecule has 0 bridgehead atoms. The molecule has 0 spiro atoms. The van der Waals surface area contributed by atoms with Crippen LogP contribution in [-0.4, -0.2) is 21.6 Å². The minimum absolute atomic E-state index is 0.254. The van der Waals surface area contributed by atoms with Crippen molar-refractivity contribution in [3.8, 4) is 34.5 Å². The van der Waals surface area contributed by atoms with Gasteiger partial charge < -0.3 is 4.74 Å². The number of benzene rings is 2. The topological polar surface area (TPSA) is 71.7 Å². The van der Waals surface area contributed by atoms with Gasteiger partial charge in [0.25, 0.3) is 0 Å². The standard InChI is InChI=1S/C24H13Cl3N4OS/c1-2-32-23-13(11-28)16(12-7-4-3-5-8-12)18-19-20(33-24(18)31-23)21(27)30-22(29-19)17-14(25)9-6-10-15(17)26/h3-10H,2H2,1H3. The highest BCUT2D eigenvalue weighted by Gasteiger charge is 2.25. The summed E-state index contributed by atoms with van der Waals surface area (Å²) in [4.78, 5) is 14.5. The number of halogens is 3. The number of thiophene rings is 1. The first-order valence-electron chi connectivity index (χ1n) is 9.90. The van der Waals surface area contributed by atoms with Gasteiger partial charge in [0.2, 0.25) is 5.88 Å². The second-order valence-corrected chi connectivity index (χ2v) is 9.14. The Kier molecular flexibility index (Phi) is 5.81. The second-order valence-electron chi connectivity index (χ2n) is 6.97. The van der Waals surface area contributed by atoms with Gasteiger partial charge in [-0.1, -0.05) is 71.2 Å². The van der Waals surface area contributed by atoms with Crippen LogP contribution in [-0.2, 0) is 0 Å². The third-order valence-corrected chi connectivity index (χ3v) is 7.13. The van der Waals surface area contributed by atoms with Crippen molar-refractivity contribution in [2.45, 2.75) is 6.92 Å². The van der Waals surface area contributed by atoms with Gasteiger partial charge in [0.05, 0.1) is 32.4 Å². The van der Waals surface area contributed by atoms with E-state index in [1.807, 2.05) is 37.3 Å². The quantitative estimate of drug-likeness (QED) is 0.230. The van der Waals surface area contributed by atoms with E-state index in [1.54, 1.807) is 18.2 Å². The molecule has 0 radical (unpaired) electrons. The van der Waals surface area contributed by atoms with Gasteiger partial charge in [0.1, 0.15) is 16.5 Å². The van der Waals surface area contributed by atoms with Crippen molar-refractivity contribution in [1.29, 1.82) is 5.26 Å². The lowest BCUT2D eigenvalue weighted by molar-refractivity contribution is 0.327. The molecule has 33 heavy (non-hydrogen) atoms. The van der Waals surface area contributed by atoms with Crippen LogP contribution in [0.5, 0.6) is 5.88 Å². The van der Waals surface area contributed by atoms with Crippen molar-refractivity contribution < 1.29 is 4.74 Å². The summed E-state index contributed by atoms with van der Waals surface area (Å²) in [7, 11) is 0. The van der Waals surface area contributed by atoms with E-state index in [0.29, 0.717) is 59.6 Å². The number of hydrogen-bond donors (Lipinski definition) is 0. The Bertz CT molecular complexity index is 1560. The molecule has 0 amide bonds. The van der Waals surface area contributed by atoms with Crippen molar-refractivity contribution >= 4 is 66.6 Å². The zero-order valence-electron chi connectivity index (χ0n) is 17.1. The monoisotopic (exact) mass is 510 g/mol. The second kappa shape index (κ2) is 8.77. The summed E-state index contributed by atoms with van der Waals surface area (Å²) in [5.41, 5.74) is 2.93. The number of rotatable bonds is 4. The molecule has 0 unspecified atom stereocenters. The molecule has 0 atom stereocenters. The van der Waals surface area contributed by atoms with Crippen LogP contribution < -0.4 is 4.74 Å². The summed E-state index contributed by atoms with van der Waals surface area (Å²) in [5, 5.41) is 11.8. The summed E-state index contributed by atoms with van der Waals surface area (Å²) in [6.07, 6.45) is 0. The fourth-order valence-electron chi connectivity index (χ4n) is 3.68. The summed E-state index contributed by atoms with van der Waals surface area (Å²) < 4.78 is 6.37. The maximum atomic E-state index is 10.1. The summed E-state index contributed by atoms with van der Waals surface area (Å²) in [6, 6.07) is 17.1. The number of ether oxygens (including phenoxy) is 1. The van der Waals surface area contributed by atoms with E-state index in [4.69, 9.17) is 44.5 Å². The molecule has 0 N–H and O–H groups in total. The minimum atomic E-state index is 0.254. The molecule has 162 valence electrons. The molecule has 0 saturated heterocycles. The van der Waals surface area contributed by atoms with Gasteiger partial charge in [-0.15, -0.1) is 11.3 Å². The highest BCUT2D eigenvalue weighted by atomic mass is 35.5. The first-order valence-corrected chi connectivity index (χ1v) is 11.8. The predicted molar refractivity (Wildman–Crippen MR) is 135 cm³/mol. The van der Waals surface area contributed by atoms with E-state index >= 15 is 0 Å². The van der Waals surface area contributed by atoms with Crippen LogP contribution in [0.3, 0.4) is 0 Å². The number of nitriles is 1. The Balaban J connectivity index is 1.95. The first kappa shape index (κ1) is 21.9. The van der Waals surface area contributed by atoms with Crippen LogP contribution in [0.4, 0.5) is 0 Å². The van der Waals surface area contributed by atoms with E-state index in [-0.39, 0.29) is 11.0 Å². The third-order valence-electron chi connectivity index (χ3n) is 5.03. The molecular weight excluding hydrogens is 499 g/mol. The normalized spacial score (nSPS) is 11.1. The Morgan fingerprint density at radius 3 is 2.33 bits per heavy atom. The molecular formula is C24H13Cl3N4OS. The van der Waals surface area contributed by atoms with Gasteiger partial charge >= 0.3 is 0 Å². The lowest BCUT2D eigenvalue weighted by atomic mass is 9.98. The van der Waals surface area contributed by atoms with Gasteiger partial charge in [-0.05, 0) is 24.6 Å². The Morgan fingerprint density at radius 2 is 1.67 bits per heavy atom. The number of aromatic nitrogens is 3. The number of nitrogens with zero attached hydrogens (tertiary/aromatic N) is 4. The smallest absolute Gasteiger partial charge is 0.233 e. The number of fused-ring (bicyclic) bond motifs is 3. The van der Waals surface area contributed by atoms with Crippen LogP contribution in [0, 0.1) is 11.3 Å². The molecule has 0 fully saturated rings. The van der Waals surface area contributed by atoms with Gasteiger partial charge in [-0.25, -0.2) is 15.0 Å². The molecule has 0 saturated carbocycles. The van der Waals surface area contributed by atoms with E-state index in [2.05, 4.69) is 16.0 Å². The fraction of sp³-hybridized carbons (Fsp3) is 0.0833. The van der Waals surface area contributed by atoms with E-state index < -0.39 is 0 Å². The van der Waals surface area contributed by atoms with E-state index in [9.17, 15) is 5.26 Å². The van der Waals surface area contributed by atoms with E-state index in [0.717, 1.165) is 5.56 Å². The molecule has 5 rings (SSSR count). The highest BCUT2D eigenvalue weighted by Crippen LogP contribution is 2.45. The van der Waals surface area contributed by atoms with Crippen LogP contribution in [0.2, 0.25) is 15.2 Å². The van der Waals surface area contributed by atoms with Crippen molar-refractivity contribution in [3.05, 3.63) is 69.3 Å². The average molecular weight is 512 g/mol. The highest BCUT2D eigenvalue weighted by molar-refractivity contribution is 7.26. The molecule has 0 aliphatic heterocycles. The van der Waals surface area contributed by atoms with Crippen molar-refractivity contribution in [2.24, 2.45) is 0 Å². The Labute approximate surface area is 208 Å². The molecule has 0 aliphatic carbocycles. The maximum Gasteiger partial charge on any atom is 0.233 e. The molecule has 3 heterocycles. The van der Waals surface area contributed by atoms with Crippen molar-refractivity contribution in [2.75, 3.05) is 6.61 Å². The third kappa shape index (κ3) is 3.68. The molecule has 5 aromatic rings. The number of pyridine rings is 1. The Morgan fingerprint density at radius 1 is 0.939 bits per heavy atom. The zero-order valence-corrected chi connectivity index (χ0v) is 20.1. The first-order chi connectivity index (χ1) is 16.0. The van der Waals surface area contributed by atoms with Crippen molar-refractivity contribution in [1.82, 2.24) is 15.0 Å². The molecule has 2 aromatic carbocycles. The van der Waals surface area contributed by atoms with Crippen LogP contribution in [0.25, 0.3) is 42.9 Å². The fourth-order valence-corrected chi connectivity index (χ4v) is 5.53. The van der Waals surface area contributed by atoms with Crippen LogP contribution >= 0.6 is 46.1 Å². The van der Waals surface area contributed by atoms with Crippen molar-refractivity contribution in [3.63, 3.8) is 0 Å². The van der Waals surface area contributed by atoms with E-state index in [1.165, 1.54) is 11.3 Å². The SMILES string of the molecule is CCOc1nc2sc3c(Cl)nc(-c4c(Cl)cccc4Cl)nc3c2c(-c2ccccc2)c1C#N. The number of hydrogen-bond acceptors (Lipinski definition) is 6. The molecule has 9 heteroatoms. The maximum absolute atomic E-state index is 10.1. The summed E-state index contributed by atoms with van der Waals surface area (Å²) in [5.74, 6) is 0.575. The summed E-state index contributed by atoms with van der Waals surface area (Å²) >= 11 is 20.8. The lowest BCUT2D eigenvalue weighted by Gasteiger charge is -2.11. The molecule has 3 aromatic heterocycles. The molecule has 5 nitrogen and oxygen atoms in total. The predicted octanol–water partition coefficient (Wildman–Crippen LogP) is 7.80. The lowest BCUT2D eigenvalue weighted by Crippen LogP contribution is -2.00. The Hall–Kier alpha value is -2.95. The molecule has 0 aliphatic rings. The van der Waals surface area contributed by atoms with Crippen LogP contribution in [0.1, 0.15) is 12.5 Å².